The summed E-state index contributed by atoms with van der Waals surface area (Å²) in [6.07, 6.45) is 0. The molecular weight excluding hydrogens is 326 g/mol. The number of hydrogen-bond acceptors (Lipinski definition) is 3. The molecule has 0 bridgehead atoms. The van der Waals surface area contributed by atoms with Gasteiger partial charge in [-0.2, -0.15) is 0 Å². The van der Waals surface area contributed by atoms with Crippen molar-refractivity contribution in [1.82, 2.24) is 10.6 Å². The molecule has 0 radical (unpaired) electrons. The van der Waals surface area contributed by atoms with Gasteiger partial charge in [0.2, 0.25) is 5.91 Å². The van der Waals surface area contributed by atoms with Crippen LogP contribution in [-0.2, 0) is 11.3 Å². The van der Waals surface area contributed by atoms with Gasteiger partial charge in [0.25, 0.3) is 5.91 Å². The number of amides is 2. The molecule has 24 heavy (non-hydrogen) atoms. The van der Waals surface area contributed by atoms with Crippen molar-refractivity contribution in [3.05, 3.63) is 64.7 Å². The Balaban J connectivity index is 1.78. The third-order valence-electron chi connectivity index (χ3n) is 3.44. The van der Waals surface area contributed by atoms with Gasteiger partial charge in [0.15, 0.2) is 0 Å². The summed E-state index contributed by atoms with van der Waals surface area (Å²) in [6.45, 7) is 0.334. The molecule has 2 rings (SSSR count). The van der Waals surface area contributed by atoms with Gasteiger partial charge in [0.1, 0.15) is 0 Å². The van der Waals surface area contributed by atoms with E-state index in [4.69, 9.17) is 11.6 Å². The Morgan fingerprint density at radius 2 is 1.75 bits per heavy atom. The predicted molar refractivity (Wildman–Crippen MR) is 96.4 cm³/mol. The molecule has 2 N–H and O–H groups in total. The van der Waals surface area contributed by atoms with Gasteiger partial charge in [0, 0.05) is 36.9 Å². The van der Waals surface area contributed by atoms with E-state index in [1.807, 2.05) is 43.3 Å². The van der Waals surface area contributed by atoms with Gasteiger partial charge in [-0.15, -0.1) is 0 Å². The Morgan fingerprint density at radius 1 is 1.04 bits per heavy atom. The maximum absolute atomic E-state index is 11.9. The highest BCUT2D eigenvalue weighted by molar-refractivity contribution is 6.30. The molecule has 0 spiro atoms. The molecule has 0 saturated heterocycles. The van der Waals surface area contributed by atoms with E-state index in [1.165, 1.54) is 0 Å². The van der Waals surface area contributed by atoms with Crippen molar-refractivity contribution in [2.45, 2.75) is 6.54 Å². The standard InChI is InChI=1S/C18H20ClN3O2/c1-22(2)16-8-6-13(7-9-16)11-20-17(23)12-21-18(24)14-4-3-5-15(19)10-14/h3-10H,11-12H2,1-2H3,(H,20,23)(H,21,24). The van der Waals surface area contributed by atoms with E-state index in [1.54, 1.807) is 24.3 Å². The summed E-state index contributed by atoms with van der Waals surface area (Å²) >= 11 is 5.84. The van der Waals surface area contributed by atoms with Gasteiger partial charge in [-0.3, -0.25) is 9.59 Å². The molecule has 6 heteroatoms. The molecule has 0 atom stereocenters. The lowest BCUT2D eigenvalue weighted by Gasteiger charge is -2.13. The summed E-state index contributed by atoms with van der Waals surface area (Å²) in [4.78, 5) is 25.8. The quantitative estimate of drug-likeness (QED) is 0.845. The number of nitrogens with zero attached hydrogens (tertiary/aromatic N) is 1. The summed E-state index contributed by atoms with van der Waals surface area (Å²) in [7, 11) is 3.94. The maximum Gasteiger partial charge on any atom is 0.251 e. The lowest BCUT2D eigenvalue weighted by Crippen LogP contribution is -2.36. The molecule has 0 saturated carbocycles. The van der Waals surface area contributed by atoms with Crippen LogP contribution in [0.15, 0.2) is 48.5 Å². The largest absolute Gasteiger partial charge is 0.378 e. The van der Waals surface area contributed by atoms with E-state index in [0.29, 0.717) is 17.1 Å². The first kappa shape index (κ1) is 17.8. The average Bonchev–Trinajstić information content (AvgIpc) is 2.58. The molecule has 2 amide bonds. The van der Waals surface area contributed by atoms with Crippen LogP contribution >= 0.6 is 11.6 Å². The molecule has 5 nitrogen and oxygen atoms in total. The van der Waals surface area contributed by atoms with Gasteiger partial charge in [-0.05, 0) is 35.9 Å². The monoisotopic (exact) mass is 345 g/mol. The van der Waals surface area contributed by atoms with Crippen LogP contribution in [0.2, 0.25) is 5.02 Å². The van der Waals surface area contributed by atoms with Crippen LogP contribution in [0.25, 0.3) is 0 Å². The van der Waals surface area contributed by atoms with Crippen LogP contribution in [0.3, 0.4) is 0 Å². The van der Waals surface area contributed by atoms with E-state index < -0.39 is 0 Å². The highest BCUT2D eigenvalue weighted by Gasteiger charge is 2.08. The van der Waals surface area contributed by atoms with Gasteiger partial charge in [0.05, 0.1) is 6.54 Å². The van der Waals surface area contributed by atoms with Crippen molar-refractivity contribution in [1.29, 1.82) is 0 Å². The molecule has 0 heterocycles. The minimum absolute atomic E-state index is 0.0822. The molecule has 2 aromatic rings. The number of nitrogens with one attached hydrogen (secondary N) is 2. The van der Waals surface area contributed by atoms with E-state index in [-0.39, 0.29) is 18.4 Å². The second-order valence-corrected chi connectivity index (χ2v) is 5.97. The molecule has 2 aromatic carbocycles. The minimum atomic E-state index is -0.331. The highest BCUT2D eigenvalue weighted by Crippen LogP contribution is 2.12. The topological polar surface area (TPSA) is 61.4 Å². The Bertz CT molecular complexity index is 714. The molecular formula is C18H20ClN3O2. The molecule has 0 unspecified atom stereocenters. The van der Waals surface area contributed by atoms with E-state index in [2.05, 4.69) is 10.6 Å². The number of hydrogen-bond donors (Lipinski definition) is 2. The second-order valence-electron chi connectivity index (χ2n) is 5.53. The van der Waals surface area contributed by atoms with Crippen molar-refractivity contribution >= 4 is 29.1 Å². The van der Waals surface area contributed by atoms with Crippen molar-refractivity contribution in [3.63, 3.8) is 0 Å². The number of rotatable bonds is 6. The van der Waals surface area contributed by atoms with Gasteiger partial charge in [-0.25, -0.2) is 0 Å². The predicted octanol–water partition coefficient (Wildman–Crippen LogP) is 2.45. The third-order valence-corrected chi connectivity index (χ3v) is 3.67. The molecule has 0 aliphatic rings. The summed E-state index contributed by atoms with van der Waals surface area (Å²) in [6, 6.07) is 14.5. The Labute approximate surface area is 146 Å². The average molecular weight is 346 g/mol. The Morgan fingerprint density at radius 3 is 2.38 bits per heavy atom. The van der Waals surface area contributed by atoms with E-state index in [0.717, 1.165) is 11.3 Å². The fraction of sp³-hybridized carbons (Fsp3) is 0.222. The van der Waals surface area contributed by atoms with Crippen LogP contribution < -0.4 is 15.5 Å². The molecule has 0 aliphatic heterocycles. The number of benzene rings is 2. The summed E-state index contributed by atoms with van der Waals surface area (Å²) in [5, 5.41) is 5.82. The lowest BCUT2D eigenvalue weighted by atomic mass is 10.2. The van der Waals surface area contributed by atoms with Crippen molar-refractivity contribution in [2.24, 2.45) is 0 Å². The Kier molecular flexibility index (Phi) is 6.21. The third kappa shape index (κ3) is 5.28. The number of anilines is 1. The van der Waals surface area contributed by atoms with Crippen LogP contribution in [0.1, 0.15) is 15.9 Å². The van der Waals surface area contributed by atoms with Crippen molar-refractivity contribution < 1.29 is 9.59 Å². The number of halogens is 1. The number of carbonyl (C=O) groups excluding carboxylic acids is 2. The first-order chi connectivity index (χ1) is 11.5. The zero-order valence-corrected chi connectivity index (χ0v) is 14.4. The summed E-state index contributed by atoms with van der Waals surface area (Å²) < 4.78 is 0. The zero-order valence-electron chi connectivity index (χ0n) is 13.7. The highest BCUT2D eigenvalue weighted by atomic mass is 35.5. The summed E-state index contributed by atoms with van der Waals surface area (Å²) in [5.41, 5.74) is 2.52. The van der Waals surface area contributed by atoms with Crippen molar-refractivity contribution in [2.75, 3.05) is 25.5 Å². The van der Waals surface area contributed by atoms with Crippen LogP contribution in [0, 0.1) is 0 Å². The first-order valence-corrected chi connectivity index (χ1v) is 7.90. The Hall–Kier alpha value is -2.53. The summed E-state index contributed by atoms with van der Waals surface area (Å²) in [5.74, 6) is -0.579. The van der Waals surface area contributed by atoms with Crippen molar-refractivity contribution in [3.8, 4) is 0 Å². The molecule has 0 aliphatic carbocycles. The first-order valence-electron chi connectivity index (χ1n) is 7.52. The normalized spacial score (nSPS) is 10.1. The van der Waals surface area contributed by atoms with Crippen LogP contribution in [-0.4, -0.2) is 32.5 Å². The zero-order chi connectivity index (χ0) is 17.5. The molecule has 0 aromatic heterocycles. The maximum atomic E-state index is 11.9. The molecule has 0 fully saturated rings. The molecule has 126 valence electrons. The number of carbonyl (C=O) groups is 2. The van der Waals surface area contributed by atoms with Gasteiger partial charge in [-0.1, -0.05) is 29.8 Å². The fourth-order valence-electron chi connectivity index (χ4n) is 2.07. The SMILES string of the molecule is CN(C)c1ccc(CNC(=O)CNC(=O)c2cccc(Cl)c2)cc1. The lowest BCUT2D eigenvalue weighted by molar-refractivity contribution is -0.120. The minimum Gasteiger partial charge on any atom is -0.378 e. The van der Waals surface area contributed by atoms with Gasteiger partial charge >= 0.3 is 0 Å². The fourth-order valence-corrected chi connectivity index (χ4v) is 2.26. The smallest absolute Gasteiger partial charge is 0.251 e. The van der Waals surface area contributed by atoms with Crippen LogP contribution in [0.5, 0.6) is 0 Å². The van der Waals surface area contributed by atoms with Gasteiger partial charge < -0.3 is 15.5 Å². The van der Waals surface area contributed by atoms with E-state index >= 15 is 0 Å². The van der Waals surface area contributed by atoms with Crippen LogP contribution in [0.4, 0.5) is 5.69 Å². The second kappa shape index (κ2) is 8.36. The van der Waals surface area contributed by atoms with E-state index in [9.17, 15) is 9.59 Å².